The van der Waals surface area contributed by atoms with E-state index in [1.165, 1.54) is 31.5 Å². The fourth-order valence-electron chi connectivity index (χ4n) is 4.14. The van der Waals surface area contributed by atoms with E-state index in [4.69, 9.17) is 5.10 Å². The van der Waals surface area contributed by atoms with Crippen molar-refractivity contribution < 1.29 is 4.79 Å². The van der Waals surface area contributed by atoms with Crippen LogP contribution in [0.15, 0.2) is 60.7 Å². The number of hydrogen-bond acceptors (Lipinski definition) is 3. The van der Waals surface area contributed by atoms with Crippen molar-refractivity contribution in [3.63, 3.8) is 0 Å². The van der Waals surface area contributed by atoms with Crippen molar-refractivity contribution in [2.24, 2.45) is 0 Å². The van der Waals surface area contributed by atoms with E-state index in [9.17, 15) is 4.79 Å². The Labute approximate surface area is 177 Å². The molecule has 0 radical (unpaired) electrons. The Morgan fingerprint density at radius 2 is 1.67 bits per heavy atom. The molecule has 2 aromatic carbocycles. The largest absolute Gasteiger partial charge is 0.347 e. The minimum Gasteiger partial charge on any atom is -0.347 e. The van der Waals surface area contributed by atoms with Crippen LogP contribution < -0.4 is 5.32 Å². The fourth-order valence-corrected chi connectivity index (χ4v) is 4.14. The van der Waals surface area contributed by atoms with Crippen molar-refractivity contribution >= 4 is 5.91 Å². The minimum atomic E-state index is -0.0839. The number of nitrogens with one attached hydrogen (secondary N) is 1. The molecule has 0 spiro atoms. The van der Waals surface area contributed by atoms with Gasteiger partial charge in [0.05, 0.1) is 11.4 Å². The van der Waals surface area contributed by atoms with Crippen molar-refractivity contribution in [2.75, 3.05) is 13.1 Å². The SMILES string of the molecule is O=C(NCc1ccc(CN2CCCC2)cc1)c1cc(C2CC2)nn1-c1ccccc1. The highest BCUT2D eigenvalue weighted by Gasteiger charge is 2.29. The van der Waals surface area contributed by atoms with E-state index in [2.05, 4.69) is 34.5 Å². The van der Waals surface area contributed by atoms with Gasteiger partial charge < -0.3 is 5.32 Å². The summed E-state index contributed by atoms with van der Waals surface area (Å²) in [6.07, 6.45) is 4.95. The number of carbonyl (C=O) groups is 1. The maximum Gasteiger partial charge on any atom is 0.270 e. The highest BCUT2D eigenvalue weighted by molar-refractivity contribution is 5.93. The molecule has 1 saturated heterocycles. The van der Waals surface area contributed by atoms with Gasteiger partial charge in [-0.3, -0.25) is 9.69 Å². The van der Waals surface area contributed by atoms with Crippen molar-refractivity contribution in [1.29, 1.82) is 0 Å². The van der Waals surface area contributed by atoms with Crippen LogP contribution in [-0.2, 0) is 13.1 Å². The molecule has 3 aromatic rings. The van der Waals surface area contributed by atoms with E-state index in [0.29, 0.717) is 18.2 Å². The normalized spacial score (nSPS) is 16.7. The van der Waals surface area contributed by atoms with E-state index >= 15 is 0 Å². The molecule has 0 atom stereocenters. The highest BCUT2D eigenvalue weighted by atomic mass is 16.2. The Hall–Kier alpha value is -2.92. The lowest BCUT2D eigenvalue weighted by Crippen LogP contribution is -2.25. The Kier molecular flexibility index (Phi) is 5.37. The molecule has 154 valence electrons. The monoisotopic (exact) mass is 400 g/mol. The molecule has 30 heavy (non-hydrogen) atoms. The maximum atomic E-state index is 13.0. The lowest BCUT2D eigenvalue weighted by molar-refractivity contribution is 0.0943. The van der Waals surface area contributed by atoms with E-state index in [1.807, 2.05) is 36.4 Å². The van der Waals surface area contributed by atoms with Crippen LogP contribution in [-0.4, -0.2) is 33.7 Å². The van der Waals surface area contributed by atoms with Crippen molar-refractivity contribution in [3.05, 3.63) is 83.2 Å². The van der Waals surface area contributed by atoms with Gasteiger partial charge in [-0.2, -0.15) is 5.10 Å². The second kappa shape index (κ2) is 8.44. The predicted molar refractivity (Wildman–Crippen MR) is 118 cm³/mol. The third kappa shape index (κ3) is 4.31. The van der Waals surface area contributed by atoms with Gasteiger partial charge in [-0.05, 0) is 68.1 Å². The Balaban J connectivity index is 1.26. The number of carbonyl (C=O) groups excluding carboxylic acids is 1. The standard InChI is InChI=1S/C25H28N4O/c30-25(26-17-19-8-10-20(11-9-19)18-28-14-4-5-15-28)24-16-23(21-12-13-21)27-29(24)22-6-2-1-3-7-22/h1-3,6-11,16,21H,4-5,12-15,17-18H2,(H,26,30). The molecule has 2 heterocycles. The summed E-state index contributed by atoms with van der Waals surface area (Å²) in [6.45, 7) is 3.94. The molecular formula is C25H28N4O. The molecular weight excluding hydrogens is 372 g/mol. The average molecular weight is 401 g/mol. The third-order valence-electron chi connectivity index (χ3n) is 6.04. The van der Waals surface area contributed by atoms with Crippen LogP contribution >= 0.6 is 0 Å². The summed E-state index contributed by atoms with van der Waals surface area (Å²) in [4.78, 5) is 15.5. The van der Waals surface area contributed by atoms with Crippen LogP contribution in [0, 0.1) is 0 Å². The first-order chi connectivity index (χ1) is 14.8. The molecule has 0 unspecified atom stereocenters. The van der Waals surface area contributed by atoms with Crippen LogP contribution in [0.1, 0.15) is 58.9 Å². The van der Waals surface area contributed by atoms with Crippen LogP contribution in [0.25, 0.3) is 5.69 Å². The quantitative estimate of drug-likeness (QED) is 0.644. The molecule has 1 saturated carbocycles. The molecule has 1 aliphatic carbocycles. The van der Waals surface area contributed by atoms with Gasteiger partial charge in [0.15, 0.2) is 0 Å². The predicted octanol–water partition coefficient (Wildman–Crippen LogP) is 4.28. The zero-order valence-corrected chi connectivity index (χ0v) is 17.3. The second-order valence-electron chi connectivity index (χ2n) is 8.46. The van der Waals surface area contributed by atoms with Gasteiger partial charge in [-0.25, -0.2) is 4.68 Å². The van der Waals surface area contributed by atoms with Crippen LogP contribution in [0.4, 0.5) is 0 Å². The van der Waals surface area contributed by atoms with Gasteiger partial charge in [0.25, 0.3) is 5.91 Å². The molecule has 5 nitrogen and oxygen atoms in total. The minimum absolute atomic E-state index is 0.0839. The number of nitrogens with zero attached hydrogens (tertiary/aromatic N) is 3. The smallest absolute Gasteiger partial charge is 0.270 e. The van der Waals surface area contributed by atoms with Gasteiger partial charge in [-0.15, -0.1) is 0 Å². The van der Waals surface area contributed by atoms with Crippen molar-refractivity contribution in [2.45, 2.75) is 44.7 Å². The number of hydrogen-bond donors (Lipinski definition) is 1. The summed E-state index contributed by atoms with van der Waals surface area (Å²) in [5.74, 6) is 0.420. The molecule has 5 rings (SSSR count). The topological polar surface area (TPSA) is 50.2 Å². The van der Waals surface area contributed by atoms with Crippen LogP contribution in [0.5, 0.6) is 0 Å². The number of benzene rings is 2. The Morgan fingerprint density at radius 1 is 0.967 bits per heavy atom. The molecule has 2 aliphatic rings. The third-order valence-corrected chi connectivity index (χ3v) is 6.04. The van der Waals surface area contributed by atoms with E-state index in [0.717, 1.165) is 36.3 Å². The number of likely N-dealkylation sites (tertiary alicyclic amines) is 1. The second-order valence-corrected chi connectivity index (χ2v) is 8.46. The molecule has 0 bridgehead atoms. The Bertz CT molecular complexity index is 999. The highest BCUT2D eigenvalue weighted by Crippen LogP contribution is 2.39. The van der Waals surface area contributed by atoms with Gasteiger partial charge in [0.1, 0.15) is 5.69 Å². The summed E-state index contributed by atoms with van der Waals surface area (Å²) >= 11 is 0. The first-order valence-electron chi connectivity index (χ1n) is 11.0. The Morgan fingerprint density at radius 3 is 2.37 bits per heavy atom. The lowest BCUT2D eigenvalue weighted by atomic mass is 10.1. The summed E-state index contributed by atoms with van der Waals surface area (Å²) in [6, 6.07) is 20.4. The van der Waals surface area contributed by atoms with E-state index in [-0.39, 0.29) is 5.91 Å². The first kappa shape index (κ1) is 19.1. The summed E-state index contributed by atoms with van der Waals surface area (Å²) < 4.78 is 1.78. The zero-order chi connectivity index (χ0) is 20.3. The van der Waals surface area contributed by atoms with Crippen molar-refractivity contribution in [3.8, 4) is 5.69 Å². The molecule has 1 amide bonds. The van der Waals surface area contributed by atoms with Crippen LogP contribution in [0.3, 0.4) is 0 Å². The summed E-state index contributed by atoms with van der Waals surface area (Å²) in [5.41, 5.74) is 5.00. The zero-order valence-electron chi connectivity index (χ0n) is 17.3. The van der Waals surface area contributed by atoms with E-state index in [1.54, 1.807) is 4.68 Å². The first-order valence-corrected chi connectivity index (χ1v) is 11.0. The molecule has 5 heteroatoms. The molecule has 1 N–H and O–H groups in total. The number of amides is 1. The van der Waals surface area contributed by atoms with E-state index < -0.39 is 0 Å². The van der Waals surface area contributed by atoms with Gasteiger partial charge in [-0.1, -0.05) is 42.5 Å². The van der Waals surface area contributed by atoms with Crippen molar-refractivity contribution in [1.82, 2.24) is 20.0 Å². The molecule has 2 fully saturated rings. The maximum absolute atomic E-state index is 13.0. The fraction of sp³-hybridized carbons (Fsp3) is 0.360. The van der Waals surface area contributed by atoms with Crippen LogP contribution in [0.2, 0.25) is 0 Å². The summed E-state index contributed by atoms with van der Waals surface area (Å²) in [5, 5.41) is 7.81. The van der Waals surface area contributed by atoms with Gasteiger partial charge in [0.2, 0.25) is 0 Å². The summed E-state index contributed by atoms with van der Waals surface area (Å²) in [7, 11) is 0. The van der Waals surface area contributed by atoms with Gasteiger partial charge in [0, 0.05) is 19.0 Å². The lowest BCUT2D eigenvalue weighted by Gasteiger charge is -2.14. The number of para-hydroxylation sites is 1. The molecule has 1 aliphatic heterocycles. The molecule has 1 aromatic heterocycles. The number of aromatic nitrogens is 2. The average Bonchev–Trinajstić information content (AvgIpc) is 3.32. The van der Waals surface area contributed by atoms with Gasteiger partial charge >= 0.3 is 0 Å². The number of rotatable bonds is 7.